The number of anilines is 1. The molecule has 0 fully saturated rings. The number of carbonyl (C=O) groups is 2. The van der Waals surface area contributed by atoms with Crippen molar-refractivity contribution < 1.29 is 36.6 Å². The minimum atomic E-state index is -4.42. The molecule has 0 aliphatic rings. The topological polar surface area (TPSA) is 64.6 Å². The molecule has 0 saturated carbocycles. The summed E-state index contributed by atoms with van der Waals surface area (Å²) < 4.78 is 61.2. The molecule has 0 saturated heterocycles. The highest BCUT2D eigenvalue weighted by Gasteiger charge is 2.29. The predicted molar refractivity (Wildman–Crippen MR) is 87.4 cm³/mol. The number of carbonyl (C=O) groups excluding carboxylic acids is 2. The van der Waals surface area contributed by atoms with Gasteiger partial charge in [0.15, 0.2) is 0 Å². The minimum Gasteiger partial charge on any atom is -0.489 e. The number of ether oxygens (including phenoxy) is 2. The fourth-order valence-electron chi connectivity index (χ4n) is 2.04. The Morgan fingerprint density at radius 1 is 1.07 bits per heavy atom. The van der Waals surface area contributed by atoms with Crippen LogP contribution in [0.5, 0.6) is 5.75 Å². The van der Waals surface area contributed by atoms with Crippen molar-refractivity contribution in [3.63, 3.8) is 0 Å². The molecule has 27 heavy (non-hydrogen) atoms. The van der Waals surface area contributed by atoms with Gasteiger partial charge >= 0.3 is 12.1 Å². The second kappa shape index (κ2) is 8.52. The maximum atomic E-state index is 14.0. The molecule has 0 unspecified atom stereocenters. The van der Waals surface area contributed by atoms with E-state index in [9.17, 15) is 27.2 Å². The Balaban J connectivity index is 1.95. The Morgan fingerprint density at radius 2 is 1.74 bits per heavy atom. The summed E-state index contributed by atoms with van der Waals surface area (Å²) in [7, 11) is 1.12. The van der Waals surface area contributed by atoms with Crippen molar-refractivity contribution >= 4 is 17.6 Å². The van der Waals surface area contributed by atoms with Gasteiger partial charge in [0, 0.05) is 6.07 Å². The lowest BCUT2D eigenvalue weighted by molar-refractivity contribution is -0.143. The number of rotatable bonds is 6. The van der Waals surface area contributed by atoms with E-state index in [-0.39, 0.29) is 18.0 Å². The standard InChI is InChI=1S/C18H15F4NO4/c1-26-17(25)9-16(24)23-15-7-6-13(8-14(15)19)27-10-11-2-4-12(5-3-11)18(20,21)22/h2-8H,9-10H2,1H3,(H,23,24). The molecule has 0 radical (unpaired) electrons. The van der Waals surface area contributed by atoms with Gasteiger partial charge in [-0.25, -0.2) is 4.39 Å². The number of hydrogen-bond acceptors (Lipinski definition) is 4. The van der Waals surface area contributed by atoms with Crippen LogP contribution in [0.25, 0.3) is 0 Å². The zero-order valence-electron chi connectivity index (χ0n) is 14.1. The van der Waals surface area contributed by atoms with Gasteiger partial charge in [-0.2, -0.15) is 13.2 Å². The summed E-state index contributed by atoms with van der Waals surface area (Å²) >= 11 is 0. The van der Waals surface area contributed by atoms with E-state index in [4.69, 9.17) is 4.74 Å². The number of esters is 1. The Morgan fingerprint density at radius 3 is 2.30 bits per heavy atom. The van der Waals surface area contributed by atoms with Crippen LogP contribution in [0.4, 0.5) is 23.2 Å². The zero-order chi connectivity index (χ0) is 20.0. The number of hydrogen-bond donors (Lipinski definition) is 1. The Kier molecular flexibility index (Phi) is 6.38. The molecule has 0 aliphatic carbocycles. The smallest absolute Gasteiger partial charge is 0.416 e. The number of benzene rings is 2. The van der Waals surface area contributed by atoms with E-state index in [2.05, 4.69) is 10.1 Å². The van der Waals surface area contributed by atoms with Crippen LogP contribution >= 0.6 is 0 Å². The fourth-order valence-corrected chi connectivity index (χ4v) is 2.04. The van der Waals surface area contributed by atoms with Gasteiger partial charge in [-0.1, -0.05) is 12.1 Å². The van der Waals surface area contributed by atoms with Gasteiger partial charge in [0.05, 0.1) is 18.4 Å². The first kappa shape index (κ1) is 20.2. The van der Waals surface area contributed by atoms with Crippen LogP contribution in [-0.2, 0) is 27.1 Å². The van der Waals surface area contributed by atoms with Crippen LogP contribution < -0.4 is 10.1 Å². The lowest BCUT2D eigenvalue weighted by atomic mass is 10.1. The molecule has 0 aromatic heterocycles. The van der Waals surface area contributed by atoms with Crippen LogP contribution in [-0.4, -0.2) is 19.0 Å². The summed E-state index contributed by atoms with van der Waals surface area (Å²) in [5, 5.41) is 2.22. The quantitative estimate of drug-likeness (QED) is 0.465. The van der Waals surface area contributed by atoms with E-state index in [1.165, 1.54) is 24.3 Å². The summed E-state index contributed by atoms with van der Waals surface area (Å²) in [6.07, 6.45) is -4.97. The summed E-state index contributed by atoms with van der Waals surface area (Å²) in [5.41, 5.74) is -0.450. The van der Waals surface area contributed by atoms with Gasteiger partial charge in [-0.15, -0.1) is 0 Å². The molecule has 9 heteroatoms. The molecule has 2 aromatic rings. The molecule has 0 aliphatic heterocycles. The first-order valence-corrected chi connectivity index (χ1v) is 7.64. The van der Waals surface area contributed by atoms with Crippen molar-refractivity contribution in [3.05, 3.63) is 59.4 Å². The molecule has 0 heterocycles. The highest BCUT2D eigenvalue weighted by atomic mass is 19.4. The summed E-state index contributed by atoms with van der Waals surface area (Å²) in [4.78, 5) is 22.5. The number of amides is 1. The van der Waals surface area contributed by atoms with E-state index < -0.39 is 35.9 Å². The normalized spacial score (nSPS) is 11.0. The van der Waals surface area contributed by atoms with Crippen LogP contribution in [0.1, 0.15) is 17.5 Å². The van der Waals surface area contributed by atoms with Crippen molar-refractivity contribution in [2.24, 2.45) is 0 Å². The molecular weight excluding hydrogens is 370 g/mol. The third-order valence-electron chi connectivity index (χ3n) is 3.43. The fraction of sp³-hybridized carbons (Fsp3) is 0.222. The first-order valence-electron chi connectivity index (χ1n) is 7.64. The Hall–Kier alpha value is -3.10. The molecule has 1 amide bonds. The second-order valence-electron chi connectivity index (χ2n) is 5.43. The van der Waals surface area contributed by atoms with Gasteiger partial charge in [0.1, 0.15) is 24.6 Å². The van der Waals surface area contributed by atoms with Crippen LogP contribution in [0, 0.1) is 5.82 Å². The maximum absolute atomic E-state index is 14.0. The van der Waals surface area contributed by atoms with Crippen molar-refractivity contribution in [1.29, 1.82) is 0 Å². The van der Waals surface area contributed by atoms with Crippen molar-refractivity contribution in [1.82, 2.24) is 0 Å². The zero-order valence-corrected chi connectivity index (χ0v) is 14.1. The van der Waals surface area contributed by atoms with Crippen LogP contribution in [0.3, 0.4) is 0 Å². The van der Waals surface area contributed by atoms with E-state index >= 15 is 0 Å². The lowest BCUT2D eigenvalue weighted by Gasteiger charge is -2.11. The molecule has 5 nitrogen and oxygen atoms in total. The van der Waals surface area contributed by atoms with Crippen molar-refractivity contribution in [2.75, 3.05) is 12.4 Å². The third-order valence-corrected chi connectivity index (χ3v) is 3.43. The summed E-state index contributed by atoms with van der Waals surface area (Å²) in [6.45, 7) is -0.0639. The minimum absolute atomic E-state index is 0.0639. The van der Waals surface area contributed by atoms with E-state index in [1.54, 1.807) is 0 Å². The lowest BCUT2D eigenvalue weighted by Crippen LogP contribution is -2.17. The summed E-state index contributed by atoms with van der Waals surface area (Å²) in [6, 6.07) is 8.02. The molecule has 2 rings (SSSR count). The van der Waals surface area contributed by atoms with E-state index in [0.717, 1.165) is 25.3 Å². The molecular formula is C18H15F4NO4. The largest absolute Gasteiger partial charge is 0.489 e. The highest BCUT2D eigenvalue weighted by molar-refractivity contribution is 6.01. The van der Waals surface area contributed by atoms with Crippen LogP contribution in [0.2, 0.25) is 0 Å². The molecule has 0 spiro atoms. The predicted octanol–water partition coefficient (Wildman–Crippen LogP) is 3.93. The van der Waals surface area contributed by atoms with E-state index in [0.29, 0.717) is 5.56 Å². The van der Waals surface area contributed by atoms with Gasteiger partial charge in [-0.05, 0) is 29.8 Å². The average molecular weight is 385 g/mol. The van der Waals surface area contributed by atoms with Gasteiger partial charge in [0.25, 0.3) is 0 Å². The second-order valence-corrected chi connectivity index (χ2v) is 5.43. The number of methoxy groups -OCH3 is 1. The van der Waals surface area contributed by atoms with Gasteiger partial charge in [-0.3, -0.25) is 9.59 Å². The number of nitrogens with one attached hydrogen (secondary N) is 1. The average Bonchev–Trinajstić information content (AvgIpc) is 2.61. The van der Waals surface area contributed by atoms with Crippen molar-refractivity contribution in [2.45, 2.75) is 19.2 Å². The third kappa shape index (κ3) is 5.98. The molecule has 144 valence electrons. The van der Waals surface area contributed by atoms with Gasteiger partial charge in [0.2, 0.25) is 5.91 Å². The van der Waals surface area contributed by atoms with Gasteiger partial charge < -0.3 is 14.8 Å². The van der Waals surface area contributed by atoms with Crippen molar-refractivity contribution in [3.8, 4) is 5.75 Å². The first-order chi connectivity index (χ1) is 12.7. The molecule has 0 bridgehead atoms. The molecule has 1 N–H and O–H groups in total. The number of alkyl halides is 3. The SMILES string of the molecule is COC(=O)CC(=O)Nc1ccc(OCc2ccc(C(F)(F)F)cc2)cc1F. The van der Waals surface area contributed by atoms with E-state index in [1.807, 2.05) is 0 Å². The van der Waals surface area contributed by atoms with Crippen LogP contribution in [0.15, 0.2) is 42.5 Å². The number of halogens is 4. The summed E-state index contributed by atoms with van der Waals surface area (Å²) in [5.74, 6) is -2.17. The molecule has 2 aromatic carbocycles. The molecule has 0 atom stereocenters. The monoisotopic (exact) mass is 385 g/mol. The Bertz CT molecular complexity index is 819. The Labute approximate surface area is 151 Å². The highest BCUT2D eigenvalue weighted by Crippen LogP contribution is 2.29. The maximum Gasteiger partial charge on any atom is 0.416 e.